The second-order valence-electron chi connectivity index (χ2n) is 31.6. The molecule has 6 aliphatic heterocycles. The first-order valence-corrected chi connectivity index (χ1v) is 46.9. The molecule has 0 radical (unpaired) electrons. The Kier molecular flexibility index (Phi) is 34.4. The van der Waals surface area contributed by atoms with Crippen LogP contribution in [0.4, 0.5) is 45.5 Å². The molecule has 0 bridgehead atoms. The Labute approximate surface area is 752 Å². The van der Waals surface area contributed by atoms with Crippen molar-refractivity contribution in [2.24, 2.45) is 15.0 Å². The highest BCUT2D eigenvalue weighted by Gasteiger charge is 2.41. The fourth-order valence-corrected chi connectivity index (χ4v) is 20.1. The van der Waals surface area contributed by atoms with E-state index in [2.05, 4.69) is 32.7 Å². The highest BCUT2D eigenvalue weighted by molar-refractivity contribution is 8.77. The van der Waals surface area contributed by atoms with Crippen LogP contribution < -0.4 is 48.2 Å². The number of para-hydroxylation sites is 3. The molecular weight excluding hydrogens is 1690 g/mol. The van der Waals surface area contributed by atoms with Gasteiger partial charge in [-0.1, -0.05) is 104 Å². The molecular formula is C95H112N8O19S4. The van der Waals surface area contributed by atoms with Gasteiger partial charge in [0.05, 0.1) is 152 Å². The van der Waals surface area contributed by atoms with E-state index in [1.54, 1.807) is 151 Å². The van der Waals surface area contributed by atoms with Crippen molar-refractivity contribution in [2.75, 3.05) is 152 Å². The molecule has 0 fully saturated rings. The van der Waals surface area contributed by atoms with Crippen molar-refractivity contribution in [1.29, 1.82) is 0 Å². The standard InChI is InChI=1S/C56H61N5O10S2.C22H37NO6S2.C17H14N2O3/c1-56(2,73-72-6)16-15-53(62)59(17-18-68-21-22-69-20-19-65-3)40-24-36(34-70-51-30-45-43(28-49(51)66-4)54(63)60-41(32-57-45)26-38-11-7-9-13-47(38)60)23-37(25-40)35-71-52-31-46-44(29-50(52)67-5)55(64)61-42(33-58-46)27-39-12-8-10-14-48(39)61;1-22(2,31-30-4)6-5-21(26)23(7-8-28-11-12-29-10-9-27-3)20-14-18(16-24)13-19(15-20)17-25;1-22-16-7-12-13(8-15(16)20)18-9-11-6-10-4-2-3-5-14(10)19(11)17(12)21/h7-14,23-25,28-33,41-42H,15-22,26-27,34-35H2,1-6H3;13-15,24-25H,5-12,16-17H2,1-4H3;2-5,7-9,11,20H,6H2,1H3/t;;11-/m..0/s1. The van der Waals surface area contributed by atoms with Crippen molar-refractivity contribution in [3.63, 3.8) is 0 Å². The average molecular weight is 1800 g/mol. The molecule has 8 aromatic carbocycles. The van der Waals surface area contributed by atoms with Crippen molar-refractivity contribution >= 4 is 137 Å². The van der Waals surface area contributed by atoms with E-state index in [0.29, 0.717) is 177 Å². The van der Waals surface area contributed by atoms with Gasteiger partial charge in [-0.2, -0.15) is 0 Å². The number of methoxy groups -OCH3 is 5. The van der Waals surface area contributed by atoms with Crippen LogP contribution in [0.25, 0.3) is 0 Å². The largest absolute Gasteiger partial charge is 0.504 e. The molecule has 5 amide bonds. The Balaban J connectivity index is 0.000000221. The summed E-state index contributed by atoms with van der Waals surface area (Å²) < 4.78 is 62.5. The van der Waals surface area contributed by atoms with E-state index in [-0.39, 0.29) is 108 Å². The zero-order valence-electron chi connectivity index (χ0n) is 73.2. The van der Waals surface area contributed by atoms with Gasteiger partial charge in [0.1, 0.15) is 13.2 Å². The SMILES string of the molecule is COCCOCCOCCN(C(=O)CCC(C)(C)SSC)c1cc(CO)cc(CO)c1.COCCOCCOCCN(C(=O)CCC(C)(C)SSC)c1cc(COc2cc3c(cc2OC)C(=O)N2c4ccccc4CC2C=N3)cc(COc2cc3c(cc2OC)C(=O)N2c4ccccc4CC2C=N3)c1.COc1cc2c(cc1O)N=C[C@@H]1Cc3ccccc3N1C2=O. The normalized spacial score (nSPS) is 15.5. The number of aliphatic hydroxyl groups excluding tert-OH is 2. The Morgan fingerprint density at radius 2 is 0.762 bits per heavy atom. The van der Waals surface area contributed by atoms with Crippen LogP contribution in [0.15, 0.2) is 161 Å². The molecule has 27 nitrogen and oxygen atoms in total. The van der Waals surface area contributed by atoms with Gasteiger partial charge >= 0.3 is 0 Å². The molecule has 3 N–H and O–H groups in total. The molecule has 0 saturated carbocycles. The van der Waals surface area contributed by atoms with Crippen LogP contribution in [0, 0.1) is 0 Å². The molecule has 3 atom stereocenters. The third kappa shape index (κ3) is 24.1. The predicted octanol–water partition coefficient (Wildman–Crippen LogP) is 16.0. The highest BCUT2D eigenvalue weighted by atomic mass is 33.1. The molecule has 6 aliphatic rings. The summed E-state index contributed by atoms with van der Waals surface area (Å²) in [4.78, 5) is 91.7. The van der Waals surface area contributed by atoms with E-state index in [9.17, 15) is 39.3 Å². The molecule has 670 valence electrons. The number of anilines is 5. The number of phenols is 1. The minimum absolute atomic E-state index is 0.00583. The van der Waals surface area contributed by atoms with Gasteiger partial charge in [0.25, 0.3) is 17.7 Å². The third-order valence-corrected chi connectivity index (χ3v) is 27.2. The Bertz CT molecular complexity index is 5040. The second-order valence-corrected chi connectivity index (χ2v) is 37.8. The molecule has 2 unspecified atom stereocenters. The number of carbonyl (C=O) groups is 5. The van der Waals surface area contributed by atoms with Gasteiger partial charge in [-0.25, -0.2) is 0 Å². The molecule has 31 heteroatoms. The minimum Gasteiger partial charge on any atom is -0.504 e. The Morgan fingerprint density at radius 1 is 0.429 bits per heavy atom. The average Bonchev–Trinajstić information content (AvgIpc) is 1.61. The highest BCUT2D eigenvalue weighted by Crippen LogP contribution is 2.47. The number of ether oxygens (including phenoxy) is 11. The van der Waals surface area contributed by atoms with Crippen LogP contribution >= 0.6 is 43.2 Å². The van der Waals surface area contributed by atoms with Crippen LogP contribution in [-0.2, 0) is 83.7 Å². The number of hydrogen-bond donors (Lipinski definition) is 3. The molecule has 6 heterocycles. The maximum atomic E-state index is 14.5. The fraction of sp³-hybridized carbons (Fsp3) is 0.411. The predicted molar refractivity (Wildman–Crippen MR) is 501 cm³/mol. The van der Waals surface area contributed by atoms with Crippen molar-refractivity contribution in [3.05, 3.63) is 201 Å². The topological polar surface area (TPSA) is 301 Å². The van der Waals surface area contributed by atoms with Gasteiger partial charge in [0.2, 0.25) is 11.8 Å². The van der Waals surface area contributed by atoms with E-state index in [0.717, 1.165) is 57.7 Å². The lowest BCUT2D eigenvalue weighted by Crippen LogP contribution is -2.37. The number of benzene rings is 8. The summed E-state index contributed by atoms with van der Waals surface area (Å²) in [6, 6.07) is 44.2. The number of aliphatic hydroxyl groups is 2. The van der Waals surface area contributed by atoms with Crippen molar-refractivity contribution in [3.8, 4) is 34.5 Å². The molecule has 8 aromatic rings. The maximum Gasteiger partial charge on any atom is 0.261 e. The van der Waals surface area contributed by atoms with Crippen molar-refractivity contribution < 1.29 is 91.4 Å². The number of nitrogens with zero attached hydrogens (tertiary/aromatic N) is 8. The Hall–Kier alpha value is -10.0. The Morgan fingerprint density at radius 3 is 1.12 bits per heavy atom. The van der Waals surface area contributed by atoms with Crippen LogP contribution in [0.1, 0.15) is 123 Å². The van der Waals surface area contributed by atoms with Crippen LogP contribution in [0.5, 0.6) is 34.5 Å². The number of fused-ring (bicyclic) bond motifs is 12. The number of amides is 5. The summed E-state index contributed by atoms with van der Waals surface area (Å²) in [6.07, 6.45) is 13.7. The van der Waals surface area contributed by atoms with E-state index in [4.69, 9.17) is 62.1 Å². The van der Waals surface area contributed by atoms with Crippen LogP contribution in [-0.4, -0.2) is 218 Å². The quantitative estimate of drug-likeness (QED) is 0.0237. The van der Waals surface area contributed by atoms with Crippen molar-refractivity contribution in [1.82, 2.24) is 0 Å². The number of rotatable bonds is 41. The van der Waals surface area contributed by atoms with E-state index in [1.165, 1.54) is 13.2 Å². The lowest BCUT2D eigenvalue weighted by Gasteiger charge is -2.27. The lowest BCUT2D eigenvalue weighted by atomic mass is 10.1. The van der Waals surface area contributed by atoms with Gasteiger partial charge in [-0.05, 0) is 159 Å². The van der Waals surface area contributed by atoms with Crippen molar-refractivity contribution in [2.45, 2.75) is 127 Å². The first-order valence-electron chi connectivity index (χ1n) is 41.8. The molecule has 14 rings (SSSR count). The number of phenolic OH excluding ortho intramolecular Hbond substituents is 1. The van der Waals surface area contributed by atoms with Gasteiger partial charge in [-0.15, -0.1) is 0 Å². The zero-order valence-corrected chi connectivity index (χ0v) is 76.4. The molecule has 0 spiro atoms. The number of aromatic hydroxyl groups is 1. The summed E-state index contributed by atoms with van der Waals surface area (Å²) in [5.74, 6) is 1.28. The zero-order chi connectivity index (χ0) is 89.4. The van der Waals surface area contributed by atoms with Gasteiger partial charge in [-0.3, -0.25) is 53.6 Å². The molecule has 126 heavy (non-hydrogen) atoms. The first kappa shape index (κ1) is 95.1. The lowest BCUT2D eigenvalue weighted by molar-refractivity contribution is -0.119. The molecule has 0 aromatic heterocycles. The van der Waals surface area contributed by atoms with Crippen LogP contribution in [0.2, 0.25) is 0 Å². The molecule has 0 saturated heterocycles. The van der Waals surface area contributed by atoms with E-state index in [1.807, 2.05) is 116 Å². The monoisotopic (exact) mass is 1800 g/mol. The van der Waals surface area contributed by atoms with E-state index >= 15 is 0 Å². The van der Waals surface area contributed by atoms with Gasteiger partial charge < -0.3 is 77.2 Å². The number of carbonyl (C=O) groups excluding carboxylic acids is 5. The summed E-state index contributed by atoms with van der Waals surface area (Å²) in [5, 5.41) is 29.0. The summed E-state index contributed by atoms with van der Waals surface area (Å²) in [7, 11) is 14.7. The summed E-state index contributed by atoms with van der Waals surface area (Å²) in [6.45, 7) is 13.3. The number of aliphatic imine (C=N–C) groups is 3. The summed E-state index contributed by atoms with van der Waals surface area (Å²) >= 11 is 0. The smallest absolute Gasteiger partial charge is 0.261 e. The van der Waals surface area contributed by atoms with Gasteiger partial charge in [0.15, 0.2) is 34.5 Å². The molecule has 0 aliphatic carbocycles. The fourth-order valence-electron chi connectivity index (χ4n) is 15.6. The third-order valence-electron chi connectivity index (χ3n) is 21.9. The van der Waals surface area contributed by atoms with Gasteiger partial charge in [0, 0.05) is 134 Å². The maximum absolute atomic E-state index is 14.5. The second kappa shape index (κ2) is 45.6. The van der Waals surface area contributed by atoms with E-state index < -0.39 is 0 Å². The summed E-state index contributed by atoms with van der Waals surface area (Å²) in [5.41, 5.74) is 12.8. The minimum atomic E-state index is -0.214. The van der Waals surface area contributed by atoms with Crippen LogP contribution in [0.3, 0.4) is 0 Å². The number of hydrogen-bond acceptors (Lipinski definition) is 26. The first-order chi connectivity index (χ1) is 61.0.